The normalized spacial score (nSPS) is 20.0. The number of fused-ring (bicyclic) bond motifs is 1. The van der Waals surface area contributed by atoms with Crippen molar-refractivity contribution in [3.63, 3.8) is 0 Å². The van der Waals surface area contributed by atoms with E-state index >= 15 is 0 Å². The number of nitrogens with one attached hydrogen (secondary N) is 2. The predicted octanol–water partition coefficient (Wildman–Crippen LogP) is 0.840. The van der Waals surface area contributed by atoms with Crippen LogP contribution in [-0.2, 0) is 10.0 Å². The monoisotopic (exact) mass is 452 g/mol. The molecule has 0 saturated carbocycles. The van der Waals surface area contributed by atoms with Gasteiger partial charge in [-0.15, -0.1) is 0 Å². The summed E-state index contributed by atoms with van der Waals surface area (Å²) >= 11 is 0. The lowest BCUT2D eigenvalue weighted by Gasteiger charge is -2.41. The lowest BCUT2D eigenvalue weighted by Crippen LogP contribution is -2.60. The fourth-order valence-electron chi connectivity index (χ4n) is 3.62. The van der Waals surface area contributed by atoms with Gasteiger partial charge in [-0.1, -0.05) is 0 Å². The van der Waals surface area contributed by atoms with E-state index in [0.717, 1.165) is 6.26 Å². The first-order chi connectivity index (χ1) is 14.7. The summed E-state index contributed by atoms with van der Waals surface area (Å²) in [5.41, 5.74) is 0.988. The minimum absolute atomic E-state index is 0.00693. The zero-order chi connectivity index (χ0) is 22.2. The molecule has 0 amide bonds. The minimum atomic E-state index is -3.35. The highest BCUT2D eigenvalue weighted by Gasteiger charge is 2.30. The predicted molar refractivity (Wildman–Crippen MR) is 110 cm³/mol. The molecular formula is C18H22F2N8O2S. The molecule has 0 radical (unpaired) electrons. The second kappa shape index (κ2) is 8.40. The Kier molecular flexibility index (Phi) is 5.81. The Morgan fingerprint density at radius 1 is 1.29 bits per heavy atom. The molecule has 2 atom stereocenters. The molecular weight excluding hydrogens is 430 g/mol. The Hall–Kier alpha value is -2.77. The van der Waals surface area contributed by atoms with Crippen LogP contribution >= 0.6 is 0 Å². The maximum Gasteiger partial charge on any atom is 0.282 e. The van der Waals surface area contributed by atoms with E-state index in [1.807, 2.05) is 11.8 Å². The quantitative estimate of drug-likeness (QED) is 0.565. The van der Waals surface area contributed by atoms with Crippen molar-refractivity contribution < 1.29 is 17.2 Å². The van der Waals surface area contributed by atoms with E-state index in [2.05, 4.69) is 30.1 Å². The number of imidazole rings is 1. The molecule has 13 heteroatoms. The molecule has 0 aliphatic carbocycles. The molecule has 166 valence electrons. The van der Waals surface area contributed by atoms with Crippen LogP contribution in [0.1, 0.15) is 19.0 Å². The van der Waals surface area contributed by atoms with E-state index in [0.29, 0.717) is 35.9 Å². The van der Waals surface area contributed by atoms with Crippen LogP contribution in [0.15, 0.2) is 30.7 Å². The van der Waals surface area contributed by atoms with Crippen LogP contribution in [-0.4, -0.2) is 71.0 Å². The number of sulfonamides is 1. The molecule has 2 N–H and O–H groups in total. The van der Waals surface area contributed by atoms with E-state index in [1.54, 1.807) is 6.07 Å². The van der Waals surface area contributed by atoms with Crippen molar-refractivity contribution in [3.05, 3.63) is 36.4 Å². The Morgan fingerprint density at radius 3 is 2.84 bits per heavy atom. The summed E-state index contributed by atoms with van der Waals surface area (Å²) in [5, 5.41) is 7.32. The van der Waals surface area contributed by atoms with Crippen molar-refractivity contribution in [2.75, 3.05) is 30.8 Å². The van der Waals surface area contributed by atoms with Gasteiger partial charge in [-0.2, -0.15) is 5.10 Å². The van der Waals surface area contributed by atoms with E-state index < -0.39 is 16.4 Å². The molecule has 1 aliphatic rings. The van der Waals surface area contributed by atoms with Gasteiger partial charge in [0.25, 0.3) is 6.43 Å². The topological polar surface area (TPSA) is 117 Å². The minimum Gasteiger partial charge on any atom is -0.349 e. The Bertz CT molecular complexity index is 1190. The van der Waals surface area contributed by atoms with Crippen molar-refractivity contribution in [2.24, 2.45) is 0 Å². The summed E-state index contributed by atoms with van der Waals surface area (Å²) in [6.07, 6.45) is 1.32. The van der Waals surface area contributed by atoms with Crippen LogP contribution in [0.4, 0.5) is 14.6 Å². The number of rotatable bonds is 6. The molecule has 10 nitrogen and oxygen atoms in total. The molecule has 4 heterocycles. The number of hydrogen-bond acceptors (Lipinski definition) is 8. The maximum absolute atomic E-state index is 13.1. The number of aromatic nitrogens is 5. The fourth-order valence-corrected chi connectivity index (χ4v) is 4.09. The first-order valence-electron chi connectivity index (χ1n) is 9.63. The van der Waals surface area contributed by atoms with Gasteiger partial charge in [-0.3, -0.25) is 0 Å². The lowest BCUT2D eigenvalue weighted by atomic mass is 10.1. The van der Waals surface area contributed by atoms with Crippen LogP contribution < -0.4 is 14.9 Å². The van der Waals surface area contributed by atoms with E-state index in [1.165, 1.54) is 29.2 Å². The summed E-state index contributed by atoms with van der Waals surface area (Å²) in [7, 11) is -3.35. The highest BCUT2D eigenvalue weighted by Crippen LogP contribution is 2.25. The molecule has 1 saturated heterocycles. The summed E-state index contributed by atoms with van der Waals surface area (Å²) in [6.45, 7) is 3.49. The van der Waals surface area contributed by atoms with Gasteiger partial charge in [0.2, 0.25) is 10.0 Å². The lowest BCUT2D eigenvalue weighted by molar-refractivity contribution is 0.144. The molecule has 0 bridgehead atoms. The Balaban J connectivity index is 1.69. The summed E-state index contributed by atoms with van der Waals surface area (Å²) in [4.78, 5) is 14.9. The van der Waals surface area contributed by atoms with E-state index in [-0.39, 0.29) is 24.3 Å². The van der Waals surface area contributed by atoms with Crippen molar-refractivity contribution in [3.8, 4) is 11.4 Å². The molecule has 4 rings (SSSR count). The van der Waals surface area contributed by atoms with Gasteiger partial charge >= 0.3 is 0 Å². The zero-order valence-corrected chi connectivity index (χ0v) is 17.7. The number of hydrogen-bond donors (Lipinski definition) is 2. The molecule has 31 heavy (non-hydrogen) atoms. The van der Waals surface area contributed by atoms with Crippen molar-refractivity contribution >= 4 is 21.5 Å². The molecule has 0 aromatic carbocycles. The van der Waals surface area contributed by atoms with Crippen molar-refractivity contribution in [1.29, 1.82) is 0 Å². The number of halogens is 2. The molecule has 1 aliphatic heterocycles. The number of anilines is 1. The van der Waals surface area contributed by atoms with Crippen LogP contribution in [0, 0.1) is 0 Å². The van der Waals surface area contributed by atoms with Gasteiger partial charge < -0.3 is 10.2 Å². The average Bonchev–Trinajstić information content (AvgIpc) is 3.15. The van der Waals surface area contributed by atoms with E-state index in [4.69, 9.17) is 0 Å². The van der Waals surface area contributed by atoms with Crippen LogP contribution in [0.25, 0.3) is 17.0 Å². The van der Waals surface area contributed by atoms with E-state index in [9.17, 15) is 17.2 Å². The second-order valence-corrected chi connectivity index (χ2v) is 9.19. The van der Waals surface area contributed by atoms with Gasteiger partial charge in [0, 0.05) is 31.7 Å². The highest BCUT2D eigenvalue weighted by molar-refractivity contribution is 7.88. The smallest absolute Gasteiger partial charge is 0.282 e. The largest absolute Gasteiger partial charge is 0.349 e. The number of nitrogens with zero attached hydrogens (tertiary/aromatic N) is 6. The summed E-state index contributed by atoms with van der Waals surface area (Å²) in [6, 6.07) is 4.27. The third-order valence-electron chi connectivity index (χ3n) is 5.17. The molecule has 1 fully saturated rings. The first-order valence-corrected chi connectivity index (χ1v) is 11.5. The highest BCUT2D eigenvalue weighted by atomic mass is 32.2. The number of piperazine rings is 1. The van der Waals surface area contributed by atoms with Gasteiger partial charge in [0.05, 0.1) is 24.2 Å². The number of alkyl halides is 2. The molecule has 3 aromatic heterocycles. The SMILES string of the molecule is CC1NCCN(c2cc(-c3cnc4ccc(C(F)F)nn34)ncn2)C1CNS(C)(=O)=O. The third-order valence-corrected chi connectivity index (χ3v) is 5.86. The first kappa shape index (κ1) is 21.5. The third kappa shape index (κ3) is 4.62. The standard InChI is InChI=1S/C18H22F2N8O2S/c1-11-14(9-25-31(2,29)30)27(6-5-21-11)17-7-13(23-10-24-17)15-8-22-16-4-3-12(18(19)20)26-28(15)16/h3-4,7-8,10-11,14,18,21,25H,5-6,9H2,1-2H3. The maximum atomic E-state index is 13.1. The van der Waals surface area contributed by atoms with Gasteiger partial charge in [0.15, 0.2) is 5.65 Å². The van der Waals surface area contributed by atoms with Crippen LogP contribution in [0.3, 0.4) is 0 Å². The van der Waals surface area contributed by atoms with Crippen LogP contribution in [0.5, 0.6) is 0 Å². The van der Waals surface area contributed by atoms with Gasteiger partial charge in [-0.25, -0.2) is 41.4 Å². The van der Waals surface area contributed by atoms with Gasteiger partial charge in [0.1, 0.15) is 23.5 Å². The molecule has 2 unspecified atom stereocenters. The summed E-state index contributed by atoms with van der Waals surface area (Å²) < 4.78 is 53.3. The van der Waals surface area contributed by atoms with Crippen molar-refractivity contribution in [2.45, 2.75) is 25.4 Å². The Labute approximate surface area is 177 Å². The van der Waals surface area contributed by atoms with Crippen LogP contribution in [0.2, 0.25) is 0 Å². The molecule has 3 aromatic rings. The molecule has 0 spiro atoms. The second-order valence-electron chi connectivity index (χ2n) is 7.36. The summed E-state index contributed by atoms with van der Waals surface area (Å²) in [5.74, 6) is 0.596. The zero-order valence-electron chi connectivity index (χ0n) is 16.9. The average molecular weight is 452 g/mol. The van der Waals surface area contributed by atoms with Crippen molar-refractivity contribution in [1.82, 2.24) is 34.6 Å². The Morgan fingerprint density at radius 2 is 2.10 bits per heavy atom. The fraction of sp³-hybridized carbons (Fsp3) is 0.444. The van der Waals surface area contributed by atoms with Gasteiger partial charge in [-0.05, 0) is 19.1 Å².